The Labute approximate surface area is 264 Å². The van der Waals surface area contributed by atoms with Crippen molar-refractivity contribution in [2.45, 2.75) is 36.7 Å². The monoisotopic (exact) mass is 653 g/mol. The summed E-state index contributed by atoms with van der Waals surface area (Å²) in [7, 11) is -1.34. The zero-order valence-corrected chi connectivity index (χ0v) is 26.2. The van der Waals surface area contributed by atoms with E-state index in [0.717, 1.165) is 6.07 Å². The molecular formula is C32H33F2N5O6S. The van der Waals surface area contributed by atoms with E-state index >= 15 is 4.39 Å². The number of pyridine rings is 1. The number of carbonyl (C=O) groups is 2. The average Bonchev–Trinajstić information content (AvgIpc) is 3.54. The number of halogens is 2. The van der Waals surface area contributed by atoms with Gasteiger partial charge in [0, 0.05) is 41.1 Å². The molecule has 0 radical (unpaired) electrons. The number of ether oxygens (including phenoxy) is 2. The Balaban J connectivity index is 1.61. The topological polar surface area (TPSA) is 153 Å². The molecule has 2 amide bonds. The van der Waals surface area contributed by atoms with Crippen molar-refractivity contribution < 1.29 is 36.3 Å². The van der Waals surface area contributed by atoms with Crippen molar-refractivity contribution in [2.75, 3.05) is 42.9 Å². The van der Waals surface area contributed by atoms with Crippen LogP contribution in [0.4, 0.5) is 30.8 Å². The number of hydrogen-bond donors (Lipinski definition) is 3. The first-order chi connectivity index (χ1) is 22.0. The van der Waals surface area contributed by atoms with Crippen LogP contribution in [0.3, 0.4) is 0 Å². The van der Waals surface area contributed by atoms with Gasteiger partial charge in [0.05, 0.1) is 30.9 Å². The van der Waals surface area contributed by atoms with E-state index in [0.29, 0.717) is 46.7 Å². The maximum atomic E-state index is 15.5. The van der Waals surface area contributed by atoms with Gasteiger partial charge in [0.2, 0.25) is 5.91 Å². The highest BCUT2D eigenvalue weighted by Gasteiger charge is 2.38. The van der Waals surface area contributed by atoms with E-state index in [-0.39, 0.29) is 34.2 Å². The lowest BCUT2D eigenvalue weighted by molar-refractivity contribution is -0.133. The minimum atomic E-state index is -3.76. The highest BCUT2D eigenvalue weighted by molar-refractivity contribution is 7.91. The molecule has 0 spiro atoms. The van der Waals surface area contributed by atoms with E-state index in [4.69, 9.17) is 10.5 Å². The molecular weight excluding hydrogens is 620 g/mol. The van der Waals surface area contributed by atoms with Crippen LogP contribution in [0.1, 0.15) is 43.0 Å². The molecule has 4 aromatic rings. The van der Waals surface area contributed by atoms with E-state index in [1.54, 1.807) is 24.3 Å². The third-order valence-corrected chi connectivity index (χ3v) is 9.79. The number of sulfone groups is 1. The van der Waals surface area contributed by atoms with Crippen molar-refractivity contribution >= 4 is 49.8 Å². The van der Waals surface area contributed by atoms with Crippen molar-refractivity contribution in [3.63, 3.8) is 0 Å². The van der Waals surface area contributed by atoms with Gasteiger partial charge in [-0.05, 0) is 72.3 Å². The van der Waals surface area contributed by atoms with Crippen molar-refractivity contribution in [2.24, 2.45) is 0 Å². The first-order valence-electron chi connectivity index (χ1n) is 14.4. The van der Waals surface area contributed by atoms with Crippen LogP contribution >= 0.6 is 0 Å². The van der Waals surface area contributed by atoms with E-state index in [2.05, 4.69) is 20.4 Å². The van der Waals surface area contributed by atoms with Crippen LogP contribution in [0.25, 0.3) is 10.8 Å². The van der Waals surface area contributed by atoms with Crippen LogP contribution in [0.2, 0.25) is 0 Å². The number of nitrogen functional groups attached to an aromatic ring is 1. The summed E-state index contributed by atoms with van der Waals surface area (Å²) >= 11 is 0. The van der Waals surface area contributed by atoms with Gasteiger partial charge in [0.25, 0.3) is 0 Å². The van der Waals surface area contributed by atoms with Crippen LogP contribution in [0.5, 0.6) is 5.75 Å². The van der Waals surface area contributed by atoms with Gasteiger partial charge in [-0.25, -0.2) is 27.0 Å². The summed E-state index contributed by atoms with van der Waals surface area (Å²) < 4.78 is 66.1. The Hall–Kier alpha value is -4.98. The average molecular weight is 654 g/mol. The molecule has 2 atom stereocenters. The van der Waals surface area contributed by atoms with Gasteiger partial charge in [-0.2, -0.15) is 0 Å². The van der Waals surface area contributed by atoms with Crippen molar-refractivity contribution in [1.29, 1.82) is 0 Å². The van der Waals surface area contributed by atoms with E-state index in [1.165, 1.54) is 50.4 Å². The number of anilines is 3. The second-order valence-corrected chi connectivity index (χ2v) is 12.9. The van der Waals surface area contributed by atoms with E-state index in [1.807, 2.05) is 0 Å². The minimum Gasteiger partial charge on any atom is -0.494 e. The summed E-state index contributed by atoms with van der Waals surface area (Å²) in [5.74, 6) is -2.65. The van der Waals surface area contributed by atoms with Gasteiger partial charge in [-0.1, -0.05) is 6.92 Å². The molecule has 5 rings (SSSR count). The van der Waals surface area contributed by atoms with Gasteiger partial charge >= 0.3 is 6.09 Å². The zero-order chi connectivity index (χ0) is 33.2. The Morgan fingerprint density at radius 1 is 1.07 bits per heavy atom. The lowest BCUT2D eigenvalue weighted by Crippen LogP contribution is -2.38. The summed E-state index contributed by atoms with van der Waals surface area (Å²) in [4.78, 5) is 32.0. The maximum Gasteiger partial charge on any atom is 0.411 e. The minimum absolute atomic E-state index is 0.00924. The molecule has 1 saturated heterocycles. The predicted octanol–water partition coefficient (Wildman–Crippen LogP) is 5.59. The Bertz CT molecular complexity index is 1920. The summed E-state index contributed by atoms with van der Waals surface area (Å²) in [6.07, 6.45) is 1.69. The molecule has 0 saturated carbocycles. The lowest BCUT2D eigenvalue weighted by atomic mass is 10.00. The second-order valence-electron chi connectivity index (χ2n) is 10.7. The van der Waals surface area contributed by atoms with Crippen LogP contribution in [0.15, 0.2) is 65.7 Å². The molecule has 11 nitrogen and oxygen atoms in total. The molecule has 46 heavy (non-hydrogen) atoms. The number of nitrogens with zero attached hydrogens (tertiary/aromatic N) is 2. The van der Waals surface area contributed by atoms with Crippen molar-refractivity contribution in [3.8, 4) is 5.75 Å². The first-order valence-corrected chi connectivity index (χ1v) is 16.1. The van der Waals surface area contributed by atoms with Gasteiger partial charge in [0.1, 0.15) is 17.7 Å². The van der Waals surface area contributed by atoms with Crippen molar-refractivity contribution in [1.82, 2.24) is 9.88 Å². The van der Waals surface area contributed by atoms with Crippen LogP contribution in [-0.4, -0.2) is 56.8 Å². The quantitative estimate of drug-likeness (QED) is 0.210. The Morgan fingerprint density at radius 2 is 1.83 bits per heavy atom. The maximum absolute atomic E-state index is 15.5. The van der Waals surface area contributed by atoms with Gasteiger partial charge in [-0.15, -0.1) is 0 Å². The third kappa shape index (κ3) is 6.38. The Morgan fingerprint density at radius 3 is 2.54 bits per heavy atom. The molecule has 1 aromatic heterocycles. The molecule has 0 unspecified atom stereocenters. The highest BCUT2D eigenvalue weighted by atomic mass is 32.2. The second kappa shape index (κ2) is 13.2. The number of fused-ring (bicyclic) bond motifs is 1. The number of methoxy groups -OCH3 is 2. The fraction of sp³-hybridized carbons (Fsp3) is 0.281. The van der Waals surface area contributed by atoms with Crippen LogP contribution < -0.4 is 21.1 Å². The number of rotatable bonds is 9. The molecule has 242 valence electrons. The largest absolute Gasteiger partial charge is 0.494 e. The number of nitrogens with one attached hydrogen (secondary N) is 2. The smallest absolute Gasteiger partial charge is 0.411 e. The van der Waals surface area contributed by atoms with Gasteiger partial charge < -0.3 is 25.4 Å². The van der Waals surface area contributed by atoms with Gasteiger partial charge in [-0.3, -0.25) is 10.1 Å². The number of hydrogen-bond acceptors (Lipinski definition) is 9. The molecule has 1 aliphatic rings. The Kier molecular flexibility index (Phi) is 9.28. The molecule has 0 bridgehead atoms. The number of benzene rings is 3. The first kappa shape index (κ1) is 32.4. The van der Waals surface area contributed by atoms with Gasteiger partial charge in [0.15, 0.2) is 21.4 Å². The molecule has 0 aliphatic carbocycles. The zero-order valence-electron chi connectivity index (χ0n) is 25.3. The number of amides is 2. The molecule has 4 N–H and O–H groups in total. The number of likely N-dealkylation sites (tertiary alicyclic amines) is 1. The van der Waals surface area contributed by atoms with Crippen LogP contribution in [0, 0.1) is 11.6 Å². The fourth-order valence-corrected chi connectivity index (χ4v) is 6.81. The summed E-state index contributed by atoms with van der Waals surface area (Å²) in [5.41, 5.74) is 6.83. The standard InChI is InChI=1S/C32H33F2N5O6S/c1-4-46(42,43)28-10-8-20(38-32(41)45-3)15-23(28)26-6-5-13-39(26)31(40)29(22-16-27(44-2)25(34)17-24(22)33)37-19-7-9-21-18(14-19)11-12-36-30(21)35/h7-12,14-17,26,29,37H,4-6,13H2,1-3H3,(H2,35,36)(H,38,41)/t26-,29+/m1/s1. The van der Waals surface area contributed by atoms with E-state index in [9.17, 15) is 22.4 Å². The molecule has 3 aromatic carbocycles. The van der Waals surface area contributed by atoms with E-state index < -0.39 is 45.6 Å². The lowest BCUT2D eigenvalue weighted by Gasteiger charge is -2.31. The predicted molar refractivity (Wildman–Crippen MR) is 169 cm³/mol. The highest BCUT2D eigenvalue weighted by Crippen LogP contribution is 2.40. The molecule has 1 fully saturated rings. The third-order valence-electron chi connectivity index (χ3n) is 7.99. The number of carbonyl (C=O) groups excluding carboxylic acids is 2. The summed E-state index contributed by atoms with van der Waals surface area (Å²) in [6.45, 7) is 1.73. The molecule has 1 aliphatic heterocycles. The summed E-state index contributed by atoms with van der Waals surface area (Å²) in [5, 5.41) is 7.03. The SMILES string of the molecule is CCS(=O)(=O)c1ccc(NC(=O)OC)cc1[C@H]1CCCN1C(=O)[C@@H](Nc1ccc2c(N)nccc2c1)c1cc(OC)c(F)cc1F. The molecule has 14 heteroatoms. The van der Waals surface area contributed by atoms with Crippen molar-refractivity contribution in [3.05, 3.63) is 83.6 Å². The normalized spacial score (nSPS) is 15.4. The fourth-order valence-electron chi connectivity index (χ4n) is 5.67. The van der Waals surface area contributed by atoms with Crippen LogP contribution in [-0.2, 0) is 19.4 Å². The summed E-state index contributed by atoms with van der Waals surface area (Å²) in [6, 6.07) is 10.8. The molecule has 2 heterocycles. The number of nitrogens with two attached hydrogens (primary N) is 1. The number of aromatic nitrogens is 1.